The van der Waals surface area contributed by atoms with Crippen LogP contribution in [0.25, 0.3) is 0 Å². The number of sulfonamides is 1. The molecule has 106 valence electrons. The molecule has 19 heavy (non-hydrogen) atoms. The van der Waals surface area contributed by atoms with E-state index in [-0.39, 0.29) is 4.90 Å². The molecule has 0 aliphatic rings. The van der Waals surface area contributed by atoms with Crippen LogP contribution in [0.1, 0.15) is 26.3 Å². The fraction of sp³-hybridized carbons (Fsp3) is 0.462. The van der Waals surface area contributed by atoms with Crippen molar-refractivity contribution in [2.45, 2.75) is 38.6 Å². The van der Waals surface area contributed by atoms with Crippen molar-refractivity contribution in [2.75, 3.05) is 0 Å². The molecule has 0 aliphatic heterocycles. The number of rotatable bonds is 4. The van der Waals surface area contributed by atoms with Crippen LogP contribution in [-0.2, 0) is 14.8 Å². The maximum Gasteiger partial charge on any atom is 0.322 e. The first kappa shape index (κ1) is 15.7. The average Bonchev–Trinajstić information content (AvgIpc) is 2.24. The highest BCUT2D eigenvalue weighted by Gasteiger charge is 2.35. The lowest BCUT2D eigenvalue weighted by Gasteiger charge is -2.27. The van der Waals surface area contributed by atoms with E-state index in [0.29, 0.717) is 5.56 Å². The fourth-order valence-corrected chi connectivity index (χ4v) is 3.32. The Morgan fingerprint density at radius 2 is 1.79 bits per heavy atom. The lowest BCUT2D eigenvalue weighted by molar-refractivity contribution is -0.141. The molecule has 1 aromatic rings. The van der Waals surface area contributed by atoms with Crippen molar-refractivity contribution in [3.8, 4) is 0 Å². The molecule has 0 bridgehead atoms. The summed E-state index contributed by atoms with van der Waals surface area (Å²) in [5, 5.41) is 9.16. The Morgan fingerprint density at radius 1 is 1.26 bits per heavy atom. The van der Waals surface area contributed by atoms with Gasteiger partial charge in [-0.15, -0.1) is 0 Å². The molecule has 0 aliphatic carbocycles. The molecule has 0 saturated heterocycles. The highest BCUT2D eigenvalue weighted by molar-refractivity contribution is 7.89. The Kier molecular flexibility index (Phi) is 4.37. The van der Waals surface area contributed by atoms with E-state index in [2.05, 4.69) is 4.72 Å². The molecule has 0 amide bonds. The van der Waals surface area contributed by atoms with E-state index in [1.165, 1.54) is 6.07 Å². The first-order chi connectivity index (χ1) is 8.55. The second-order valence-corrected chi connectivity index (χ2v) is 7.21. The number of hydrogen-bond donors (Lipinski definition) is 2. The van der Waals surface area contributed by atoms with Crippen molar-refractivity contribution >= 4 is 16.0 Å². The number of hydrogen-bond acceptors (Lipinski definition) is 3. The topological polar surface area (TPSA) is 83.5 Å². The Labute approximate surface area is 113 Å². The van der Waals surface area contributed by atoms with Crippen LogP contribution < -0.4 is 4.72 Å². The maximum absolute atomic E-state index is 12.2. The van der Waals surface area contributed by atoms with Gasteiger partial charge in [-0.2, -0.15) is 4.72 Å². The van der Waals surface area contributed by atoms with Crippen LogP contribution in [0.5, 0.6) is 0 Å². The molecule has 0 aromatic heterocycles. The first-order valence-corrected chi connectivity index (χ1v) is 7.35. The van der Waals surface area contributed by atoms with Gasteiger partial charge < -0.3 is 5.11 Å². The molecule has 1 rings (SSSR count). The summed E-state index contributed by atoms with van der Waals surface area (Å²) in [6.07, 6.45) is 0. The third-order valence-corrected chi connectivity index (χ3v) is 4.35. The molecular weight excluding hydrogens is 266 g/mol. The zero-order valence-corrected chi connectivity index (χ0v) is 12.3. The van der Waals surface area contributed by atoms with Crippen LogP contribution >= 0.6 is 0 Å². The second-order valence-electron chi connectivity index (χ2n) is 5.52. The Bertz CT molecular complexity index is 573. The van der Waals surface area contributed by atoms with Gasteiger partial charge in [0.15, 0.2) is 0 Å². The minimum Gasteiger partial charge on any atom is -0.480 e. The zero-order chi connectivity index (χ0) is 14.8. The van der Waals surface area contributed by atoms with Gasteiger partial charge in [0.25, 0.3) is 0 Å². The predicted molar refractivity (Wildman–Crippen MR) is 72.4 cm³/mol. The molecule has 0 radical (unpaired) electrons. The Morgan fingerprint density at radius 3 is 2.21 bits per heavy atom. The number of carbonyl (C=O) groups is 1. The van der Waals surface area contributed by atoms with E-state index in [1.54, 1.807) is 45.9 Å². The van der Waals surface area contributed by atoms with Crippen molar-refractivity contribution in [3.05, 3.63) is 29.8 Å². The van der Waals surface area contributed by atoms with Gasteiger partial charge in [-0.25, -0.2) is 8.42 Å². The van der Waals surface area contributed by atoms with Crippen LogP contribution in [0.3, 0.4) is 0 Å². The van der Waals surface area contributed by atoms with Crippen molar-refractivity contribution < 1.29 is 18.3 Å². The van der Waals surface area contributed by atoms with Crippen LogP contribution in [0, 0.1) is 12.3 Å². The molecule has 0 spiro atoms. The van der Waals surface area contributed by atoms with E-state index in [0.717, 1.165) is 0 Å². The lowest BCUT2D eigenvalue weighted by atomic mass is 9.88. The largest absolute Gasteiger partial charge is 0.480 e. The third-order valence-electron chi connectivity index (χ3n) is 2.77. The normalized spacial score (nSPS) is 14.1. The van der Waals surface area contributed by atoms with Crippen molar-refractivity contribution in [2.24, 2.45) is 5.41 Å². The summed E-state index contributed by atoms with van der Waals surface area (Å²) >= 11 is 0. The highest BCUT2D eigenvalue weighted by Crippen LogP contribution is 2.22. The number of benzene rings is 1. The lowest BCUT2D eigenvalue weighted by Crippen LogP contribution is -2.49. The number of carboxylic acids is 1. The number of aliphatic carboxylic acids is 1. The van der Waals surface area contributed by atoms with E-state index < -0.39 is 27.4 Å². The molecule has 2 N–H and O–H groups in total. The summed E-state index contributed by atoms with van der Waals surface area (Å²) < 4.78 is 26.7. The van der Waals surface area contributed by atoms with Crippen molar-refractivity contribution in [3.63, 3.8) is 0 Å². The number of nitrogens with one attached hydrogen (secondary N) is 1. The monoisotopic (exact) mass is 285 g/mol. The molecule has 1 aromatic carbocycles. The molecule has 5 nitrogen and oxygen atoms in total. The summed E-state index contributed by atoms with van der Waals surface area (Å²) in [7, 11) is -3.85. The SMILES string of the molecule is Cc1ccccc1S(=O)(=O)NC(C(=O)O)C(C)(C)C. The quantitative estimate of drug-likeness (QED) is 0.883. The fourth-order valence-electron chi connectivity index (χ4n) is 1.67. The minimum absolute atomic E-state index is 0.102. The highest BCUT2D eigenvalue weighted by atomic mass is 32.2. The molecule has 6 heteroatoms. The smallest absolute Gasteiger partial charge is 0.322 e. The van der Waals surface area contributed by atoms with E-state index >= 15 is 0 Å². The van der Waals surface area contributed by atoms with Gasteiger partial charge in [-0.3, -0.25) is 4.79 Å². The summed E-state index contributed by atoms with van der Waals surface area (Å²) in [6.45, 7) is 6.69. The number of aryl methyl sites for hydroxylation is 1. The van der Waals surface area contributed by atoms with Crippen molar-refractivity contribution in [1.29, 1.82) is 0 Å². The Hall–Kier alpha value is -1.40. The van der Waals surface area contributed by atoms with Gasteiger partial charge >= 0.3 is 5.97 Å². The zero-order valence-electron chi connectivity index (χ0n) is 11.5. The van der Waals surface area contributed by atoms with E-state index in [4.69, 9.17) is 5.11 Å². The van der Waals surface area contributed by atoms with Gasteiger partial charge in [0.05, 0.1) is 4.90 Å². The van der Waals surface area contributed by atoms with Crippen LogP contribution in [0.2, 0.25) is 0 Å². The molecular formula is C13H19NO4S. The predicted octanol–water partition coefficient (Wildman–Crippen LogP) is 1.77. The molecule has 1 atom stereocenters. The van der Waals surface area contributed by atoms with Crippen LogP contribution in [0.15, 0.2) is 29.2 Å². The second kappa shape index (κ2) is 5.30. The maximum atomic E-state index is 12.2. The molecule has 0 heterocycles. The number of carboxylic acid groups (broad SMARTS) is 1. The Balaban J connectivity index is 3.16. The van der Waals surface area contributed by atoms with Gasteiger partial charge in [-0.05, 0) is 24.0 Å². The third kappa shape index (κ3) is 3.78. The molecule has 0 fully saturated rings. The summed E-state index contributed by atoms with van der Waals surface area (Å²) in [5.74, 6) is -1.19. The van der Waals surface area contributed by atoms with Crippen molar-refractivity contribution in [1.82, 2.24) is 4.72 Å². The molecule has 0 saturated carbocycles. The van der Waals surface area contributed by atoms with E-state index in [1.807, 2.05) is 0 Å². The average molecular weight is 285 g/mol. The summed E-state index contributed by atoms with van der Waals surface area (Å²) in [6, 6.07) is 5.28. The van der Waals surface area contributed by atoms with Gasteiger partial charge in [0, 0.05) is 0 Å². The van der Waals surface area contributed by atoms with Gasteiger partial charge in [0.1, 0.15) is 6.04 Å². The van der Waals surface area contributed by atoms with Gasteiger partial charge in [0.2, 0.25) is 10.0 Å². The summed E-state index contributed by atoms with van der Waals surface area (Å²) in [4.78, 5) is 11.3. The first-order valence-electron chi connectivity index (χ1n) is 5.86. The van der Waals surface area contributed by atoms with Crippen LogP contribution in [-0.4, -0.2) is 25.5 Å². The minimum atomic E-state index is -3.85. The van der Waals surface area contributed by atoms with Gasteiger partial charge in [-0.1, -0.05) is 39.0 Å². The summed E-state index contributed by atoms with van der Waals surface area (Å²) in [5.41, 5.74) is -0.144. The van der Waals surface area contributed by atoms with Crippen LogP contribution in [0.4, 0.5) is 0 Å². The van der Waals surface area contributed by atoms with E-state index in [9.17, 15) is 13.2 Å². The standard InChI is InChI=1S/C13H19NO4S/c1-9-7-5-6-8-10(9)19(17,18)14-11(12(15)16)13(2,3)4/h5-8,11,14H,1-4H3,(H,15,16). The molecule has 1 unspecified atom stereocenters.